The number of pyridine rings is 1. The van der Waals surface area contributed by atoms with Gasteiger partial charge < -0.3 is 0 Å². The van der Waals surface area contributed by atoms with Gasteiger partial charge in [0.2, 0.25) is 0 Å². The fraction of sp³-hybridized carbons (Fsp3) is 0. The summed E-state index contributed by atoms with van der Waals surface area (Å²) in [6.07, 6.45) is 4.98. The van der Waals surface area contributed by atoms with Crippen LogP contribution in [0.25, 0.3) is 0 Å². The van der Waals surface area contributed by atoms with Crippen LogP contribution in [0.2, 0.25) is 0 Å². The Hall–Kier alpha value is -1.87. The molecule has 0 aliphatic rings. The minimum Gasteiger partial charge on any atom is -0.226 e. The van der Waals surface area contributed by atoms with Crippen LogP contribution in [0, 0.1) is 29.5 Å². The maximum Gasteiger partial charge on any atom is 0.177 e. The Balaban J connectivity index is 3.29. The first kappa shape index (κ1) is 7.24. The monoisotopic (exact) mass is 146 g/mol. The smallest absolute Gasteiger partial charge is 0.177 e. The molecule has 0 bridgehead atoms. The molecule has 0 saturated heterocycles. The molecule has 0 atom stereocenters. The van der Waals surface area contributed by atoms with E-state index in [4.69, 9.17) is 11.7 Å². The van der Waals surface area contributed by atoms with Crippen molar-refractivity contribution in [3.63, 3.8) is 0 Å². The Labute approximate surface area is 63.3 Å². The zero-order valence-corrected chi connectivity index (χ0v) is 5.50. The molecule has 0 aliphatic carbocycles. The number of hydrogen-bond donors (Lipinski definition) is 0. The molecule has 3 heteroatoms. The van der Waals surface area contributed by atoms with Crippen molar-refractivity contribution in [2.24, 2.45) is 0 Å². The molecule has 0 unspecified atom stereocenters. The van der Waals surface area contributed by atoms with Gasteiger partial charge in [-0.25, -0.2) is 9.37 Å². The minimum atomic E-state index is -0.647. The van der Waals surface area contributed by atoms with Crippen molar-refractivity contribution in [1.82, 2.24) is 4.98 Å². The highest BCUT2D eigenvalue weighted by Gasteiger charge is 2.01. The van der Waals surface area contributed by atoms with Gasteiger partial charge in [0, 0.05) is 0 Å². The molecule has 1 rings (SSSR count). The summed E-state index contributed by atoms with van der Waals surface area (Å²) in [6.45, 7) is 0. The van der Waals surface area contributed by atoms with Gasteiger partial charge in [0.15, 0.2) is 11.5 Å². The molecule has 0 aromatic carbocycles. The lowest BCUT2D eigenvalue weighted by Crippen LogP contribution is -1.91. The van der Waals surface area contributed by atoms with Crippen LogP contribution in [0.1, 0.15) is 11.4 Å². The fourth-order valence-electron chi connectivity index (χ4n) is 0.601. The first-order chi connectivity index (χ1) is 5.27. The zero-order valence-electron chi connectivity index (χ0n) is 5.50. The predicted octanol–water partition coefficient (Wildman–Crippen LogP) is 1.07. The number of rotatable bonds is 0. The summed E-state index contributed by atoms with van der Waals surface area (Å²) in [4.78, 5) is 3.54. The molecule has 0 amide bonds. The van der Waals surface area contributed by atoms with Crippen molar-refractivity contribution >= 4 is 0 Å². The third-order valence-corrected chi connectivity index (χ3v) is 1.10. The minimum absolute atomic E-state index is 0.263. The van der Waals surface area contributed by atoms with Crippen LogP contribution in [-0.2, 0) is 0 Å². The Morgan fingerprint density at radius 3 is 2.82 bits per heavy atom. The van der Waals surface area contributed by atoms with Crippen LogP contribution in [0.3, 0.4) is 0 Å². The van der Waals surface area contributed by atoms with Gasteiger partial charge in [-0.05, 0) is 12.1 Å². The summed E-state index contributed by atoms with van der Waals surface area (Å²) in [7, 11) is 0. The predicted molar refractivity (Wildman–Crippen MR) is 36.8 cm³/mol. The van der Waals surface area contributed by atoms with Crippen molar-refractivity contribution in [2.75, 3.05) is 0 Å². The maximum absolute atomic E-state index is 12.6. The number of aromatic nitrogens is 1. The molecule has 0 spiro atoms. The van der Waals surface area contributed by atoms with Gasteiger partial charge >= 0.3 is 0 Å². The number of nitrogens with zero attached hydrogens (tertiary/aromatic N) is 2. The summed E-state index contributed by atoms with van der Waals surface area (Å²) in [5.74, 6) is 1.55. The van der Waals surface area contributed by atoms with Crippen molar-refractivity contribution < 1.29 is 4.39 Å². The average molecular weight is 146 g/mol. The first-order valence-corrected chi connectivity index (χ1v) is 2.81. The van der Waals surface area contributed by atoms with E-state index in [0.717, 1.165) is 6.07 Å². The molecule has 1 aromatic heterocycles. The van der Waals surface area contributed by atoms with Gasteiger partial charge in [-0.15, -0.1) is 6.42 Å². The molecule has 11 heavy (non-hydrogen) atoms. The van der Waals surface area contributed by atoms with E-state index >= 15 is 0 Å². The second-order valence-corrected chi connectivity index (χ2v) is 1.78. The Morgan fingerprint density at radius 2 is 2.27 bits per heavy atom. The molecule has 1 aromatic rings. The number of hydrogen-bond acceptors (Lipinski definition) is 2. The van der Waals surface area contributed by atoms with Crippen LogP contribution in [0.5, 0.6) is 0 Å². The third-order valence-electron chi connectivity index (χ3n) is 1.10. The summed E-state index contributed by atoms with van der Waals surface area (Å²) in [5, 5.41) is 8.32. The van der Waals surface area contributed by atoms with Gasteiger partial charge in [-0.1, -0.05) is 5.92 Å². The van der Waals surface area contributed by atoms with Crippen molar-refractivity contribution in [2.45, 2.75) is 0 Å². The second kappa shape index (κ2) is 2.81. The van der Waals surface area contributed by atoms with E-state index in [1.165, 1.54) is 6.07 Å². The quantitative estimate of drug-likeness (QED) is 0.513. The van der Waals surface area contributed by atoms with Gasteiger partial charge in [0.25, 0.3) is 0 Å². The molecule has 0 aliphatic heterocycles. The maximum atomic E-state index is 12.6. The van der Waals surface area contributed by atoms with Gasteiger partial charge in [-0.2, -0.15) is 5.26 Å². The standard InChI is InChI=1S/C8H3FN2/c1-2-6-3-4-7(9)8(5-10)11-6/h1,3-4H. The van der Waals surface area contributed by atoms with E-state index < -0.39 is 5.82 Å². The molecule has 2 nitrogen and oxygen atoms in total. The number of halogens is 1. The average Bonchev–Trinajstić information content (AvgIpc) is 2.05. The summed E-state index contributed by atoms with van der Waals surface area (Å²) >= 11 is 0. The summed E-state index contributed by atoms with van der Waals surface area (Å²) in [5.41, 5.74) is 0.00315. The molecule has 0 radical (unpaired) electrons. The highest BCUT2D eigenvalue weighted by molar-refractivity contribution is 5.31. The molecule has 1 heterocycles. The summed E-state index contributed by atoms with van der Waals surface area (Å²) < 4.78 is 12.6. The Kier molecular flexibility index (Phi) is 1.85. The van der Waals surface area contributed by atoms with E-state index in [9.17, 15) is 4.39 Å². The van der Waals surface area contributed by atoms with E-state index in [0.29, 0.717) is 0 Å². The van der Waals surface area contributed by atoms with E-state index in [-0.39, 0.29) is 11.4 Å². The Morgan fingerprint density at radius 1 is 1.55 bits per heavy atom. The molecule has 0 fully saturated rings. The lowest BCUT2D eigenvalue weighted by molar-refractivity contribution is 0.616. The molecular weight excluding hydrogens is 143 g/mol. The number of terminal acetylenes is 1. The molecule has 0 N–H and O–H groups in total. The lowest BCUT2D eigenvalue weighted by Gasteiger charge is -1.91. The topological polar surface area (TPSA) is 36.7 Å². The van der Waals surface area contributed by atoms with Gasteiger partial charge in [0.05, 0.1) is 0 Å². The van der Waals surface area contributed by atoms with Crippen LogP contribution in [-0.4, -0.2) is 4.98 Å². The van der Waals surface area contributed by atoms with E-state index in [1.807, 2.05) is 0 Å². The van der Waals surface area contributed by atoms with Gasteiger partial charge in [-0.3, -0.25) is 0 Å². The fourth-order valence-corrected chi connectivity index (χ4v) is 0.601. The van der Waals surface area contributed by atoms with Crippen LogP contribution >= 0.6 is 0 Å². The van der Waals surface area contributed by atoms with Crippen molar-refractivity contribution in [3.05, 3.63) is 29.3 Å². The summed E-state index contributed by atoms with van der Waals surface area (Å²) in [6, 6.07) is 4.06. The normalized spacial score (nSPS) is 8.27. The van der Waals surface area contributed by atoms with Gasteiger partial charge in [0.1, 0.15) is 11.8 Å². The van der Waals surface area contributed by atoms with Crippen molar-refractivity contribution in [3.8, 4) is 18.4 Å². The molecular formula is C8H3FN2. The van der Waals surface area contributed by atoms with Crippen LogP contribution < -0.4 is 0 Å². The second-order valence-electron chi connectivity index (χ2n) is 1.78. The number of nitriles is 1. The van der Waals surface area contributed by atoms with Crippen LogP contribution in [0.4, 0.5) is 4.39 Å². The first-order valence-electron chi connectivity index (χ1n) is 2.81. The highest BCUT2D eigenvalue weighted by atomic mass is 19.1. The highest BCUT2D eigenvalue weighted by Crippen LogP contribution is 2.02. The van der Waals surface area contributed by atoms with E-state index in [2.05, 4.69) is 10.9 Å². The third kappa shape index (κ3) is 1.33. The Bertz CT molecular complexity index is 357. The lowest BCUT2D eigenvalue weighted by atomic mass is 10.3. The van der Waals surface area contributed by atoms with E-state index in [1.54, 1.807) is 6.07 Å². The zero-order chi connectivity index (χ0) is 8.27. The van der Waals surface area contributed by atoms with Crippen LogP contribution in [0.15, 0.2) is 12.1 Å². The molecule has 52 valence electrons. The van der Waals surface area contributed by atoms with Crippen molar-refractivity contribution in [1.29, 1.82) is 5.26 Å². The SMILES string of the molecule is C#Cc1ccc(F)c(C#N)n1. The molecule has 0 saturated carbocycles. The largest absolute Gasteiger partial charge is 0.226 e.